The lowest BCUT2D eigenvalue weighted by molar-refractivity contribution is -0.136. The summed E-state index contributed by atoms with van der Waals surface area (Å²) in [5, 5.41) is 10.1. The van der Waals surface area contributed by atoms with Gasteiger partial charge in [-0.1, -0.05) is 32.0 Å². The third-order valence-electron chi connectivity index (χ3n) is 4.59. The van der Waals surface area contributed by atoms with Gasteiger partial charge in [0.2, 0.25) is 0 Å². The van der Waals surface area contributed by atoms with E-state index < -0.39 is 5.97 Å². The van der Waals surface area contributed by atoms with E-state index in [2.05, 4.69) is 18.8 Å². The van der Waals surface area contributed by atoms with E-state index in [1.165, 1.54) is 0 Å². The maximum Gasteiger partial charge on any atom is 0.307 e. The van der Waals surface area contributed by atoms with Gasteiger partial charge in [-0.25, -0.2) is 0 Å². The van der Waals surface area contributed by atoms with Crippen LogP contribution in [0.5, 0.6) is 0 Å². The first-order valence-corrected chi connectivity index (χ1v) is 8.67. The van der Waals surface area contributed by atoms with E-state index in [1.54, 1.807) is 0 Å². The second-order valence-corrected chi connectivity index (χ2v) is 6.95. The Hall–Kier alpha value is -2.34. The molecule has 0 spiro atoms. The van der Waals surface area contributed by atoms with Crippen molar-refractivity contribution >= 4 is 22.8 Å². The number of carbonyl (C=O) groups is 2. The minimum atomic E-state index is -0.945. The third-order valence-corrected chi connectivity index (χ3v) is 4.59. The molecule has 6 nitrogen and oxygen atoms in total. The third kappa shape index (κ3) is 3.69. The summed E-state index contributed by atoms with van der Waals surface area (Å²) < 4.78 is 5.55. The first-order valence-electron chi connectivity index (χ1n) is 8.67. The van der Waals surface area contributed by atoms with Gasteiger partial charge in [0.25, 0.3) is 5.91 Å². The van der Waals surface area contributed by atoms with E-state index in [1.807, 2.05) is 29.2 Å². The number of carboxylic acid groups (broad SMARTS) is 1. The van der Waals surface area contributed by atoms with Crippen LogP contribution < -0.4 is 0 Å². The number of nitrogens with one attached hydrogen (secondary N) is 1. The zero-order chi connectivity index (χ0) is 18.0. The van der Waals surface area contributed by atoms with E-state index in [9.17, 15) is 14.7 Å². The number of aromatic nitrogens is 1. The average Bonchev–Trinajstić information content (AvgIpc) is 2.92. The second kappa shape index (κ2) is 7.27. The first-order chi connectivity index (χ1) is 12.0. The van der Waals surface area contributed by atoms with Crippen LogP contribution in [0.25, 0.3) is 10.9 Å². The smallest absolute Gasteiger partial charge is 0.307 e. The number of ether oxygens (including phenoxy) is 1. The molecule has 1 aromatic carbocycles. The van der Waals surface area contributed by atoms with Gasteiger partial charge in [0.05, 0.1) is 25.7 Å². The molecule has 6 heteroatoms. The maximum atomic E-state index is 13.2. The molecule has 25 heavy (non-hydrogen) atoms. The Balaban J connectivity index is 1.99. The Bertz CT molecular complexity index is 781. The largest absolute Gasteiger partial charge is 0.481 e. The van der Waals surface area contributed by atoms with Crippen molar-refractivity contribution in [3.8, 4) is 0 Å². The molecular weight excluding hydrogens is 320 g/mol. The summed E-state index contributed by atoms with van der Waals surface area (Å²) in [5.74, 6) is -0.635. The molecule has 1 amide bonds. The van der Waals surface area contributed by atoms with Gasteiger partial charge in [-0.2, -0.15) is 0 Å². The van der Waals surface area contributed by atoms with Gasteiger partial charge in [-0.05, 0) is 18.4 Å². The Morgan fingerprint density at radius 1 is 1.36 bits per heavy atom. The number of hydrogen-bond donors (Lipinski definition) is 2. The molecule has 2 heterocycles. The summed E-state index contributed by atoms with van der Waals surface area (Å²) >= 11 is 0. The minimum absolute atomic E-state index is 0.0188. The van der Waals surface area contributed by atoms with Crippen LogP contribution in [-0.4, -0.2) is 52.7 Å². The normalized spacial score (nSPS) is 18.0. The number of aromatic amines is 1. The lowest BCUT2D eigenvalue weighted by Gasteiger charge is -2.36. The number of nitrogens with zero attached hydrogens (tertiary/aromatic N) is 1. The lowest BCUT2D eigenvalue weighted by atomic mass is 10.0. The molecular formula is C19H24N2O4. The van der Waals surface area contributed by atoms with Crippen LogP contribution in [0, 0.1) is 5.92 Å². The number of H-pyrrole nitrogens is 1. The molecule has 2 N–H and O–H groups in total. The molecule has 1 aliphatic heterocycles. The van der Waals surface area contributed by atoms with Gasteiger partial charge in [0.15, 0.2) is 0 Å². The maximum absolute atomic E-state index is 13.2. The molecule has 3 rings (SSSR count). The number of rotatable bonds is 5. The number of carbonyl (C=O) groups excluding carboxylic acids is 1. The zero-order valence-corrected chi connectivity index (χ0v) is 14.6. The van der Waals surface area contributed by atoms with Crippen LogP contribution in [0.15, 0.2) is 24.3 Å². The number of morpholine rings is 1. The summed E-state index contributed by atoms with van der Waals surface area (Å²) in [6.45, 7) is 5.80. The van der Waals surface area contributed by atoms with Gasteiger partial charge < -0.3 is 19.7 Å². The number of hydrogen-bond acceptors (Lipinski definition) is 3. The van der Waals surface area contributed by atoms with E-state index in [-0.39, 0.29) is 18.4 Å². The van der Waals surface area contributed by atoms with E-state index in [0.717, 1.165) is 17.3 Å². The Labute approximate surface area is 146 Å². The highest BCUT2D eigenvalue weighted by Crippen LogP contribution is 2.26. The number of aliphatic carboxylic acids is 1. The first kappa shape index (κ1) is 17.5. The fourth-order valence-corrected chi connectivity index (χ4v) is 3.52. The molecule has 1 aliphatic rings. The summed E-state index contributed by atoms with van der Waals surface area (Å²) in [6, 6.07) is 7.46. The van der Waals surface area contributed by atoms with Crippen molar-refractivity contribution in [3.05, 3.63) is 35.5 Å². The van der Waals surface area contributed by atoms with Crippen molar-refractivity contribution in [1.82, 2.24) is 9.88 Å². The molecule has 1 fully saturated rings. The van der Waals surface area contributed by atoms with Gasteiger partial charge in [0, 0.05) is 23.0 Å². The SMILES string of the molecule is CC(C)C[C@H]1COCCN1C(=O)c1[nH]c2ccccc2c1CC(=O)O. The van der Waals surface area contributed by atoms with Crippen molar-refractivity contribution in [2.24, 2.45) is 5.92 Å². The van der Waals surface area contributed by atoms with Crippen molar-refractivity contribution < 1.29 is 19.4 Å². The number of amides is 1. The van der Waals surface area contributed by atoms with Gasteiger partial charge in [-0.15, -0.1) is 0 Å². The number of benzene rings is 1. The molecule has 0 bridgehead atoms. The number of para-hydroxylation sites is 1. The highest BCUT2D eigenvalue weighted by Gasteiger charge is 2.31. The molecule has 2 aromatic rings. The van der Waals surface area contributed by atoms with E-state index >= 15 is 0 Å². The quantitative estimate of drug-likeness (QED) is 0.874. The summed E-state index contributed by atoms with van der Waals surface area (Å²) in [4.78, 5) is 29.5. The minimum Gasteiger partial charge on any atom is -0.481 e. The van der Waals surface area contributed by atoms with Crippen molar-refractivity contribution in [2.75, 3.05) is 19.8 Å². The van der Waals surface area contributed by atoms with Crippen LogP contribution >= 0.6 is 0 Å². The van der Waals surface area contributed by atoms with Crippen molar-refractivity contribution in [3.63, 3.8) is 0 Å². The van der Waals surface area contributed by atoms with E-state index in [0.29, 0.717) is 36.9 Å². The van der Waals surface area contributed by atoms with E-state index in [4.69, 9.17) is 4.74 Å². The Kier molecular flexibility index (Phi) is 5.08. The summed E-state index contributed by atoms with van der Waals surface area (Å²) in [6.07, 6.45) is 0.685. The lowest BCUT2D eigenvalue weighted by Crippen LogP contribution is -2.49. The summed E-state index contributed by atoms with van der Waals surface area (Å²) in [5.41, 5.74) is 1.73. The van der Waals surface area contributed by atoms with Crippen LogP contribution in [0.1, 0.15) is 36.3 Å². The van der Waals surface area contributed by atoms with Crippen molar-refractivity contribution in [2.45, 2.75) is 32.7 Å². The number of carboxylic acids is 1. The predicted molar refractivity (Wildman–Crippen MR) is 94.7 cm³/mol. The molecule has 0 radical (unpaired) electrons. The van der Waals surface area contributed by atoms with Gasteiger partial charge in [0.1, 0.15) is 5.69 Å². The Morgan fingerprint density at radius 3 is 2.84 bits per heavy atom. The van der Waals surface area contributed by atoms with Gasteiger partial charge >= 0.3 is 5.97 Å². The van der Waals surface area contributed by atoms with Gasteiger partial charge in [-0.3, -0.25) is 9.59 Å². The van der Waals surface area contributed by atoms with Crippen LogP contribution in [-0.2, 0) is 16.0 Å². The molecule has 134 valence electrons. The highest BCUT2D eigenvalue weighted by atomic mass is 16.5. The molecule has 0 unspecified atom stereocenters. The molecule has 1 aromatic heterocycles. The zero-order valence-electron chi connectivity index (χ0n) is 14.6. The topological polar surface area (TPSA) is 82.6 Å². The standard InChI is InChI=1S/C19H24N2O4/c1-12(2)9-13-11-25-8-7-21(13)19(24)18-15(10-17(22)23)14-5-3-4-6-16(14)20-18/h3-6,12-13,20H,7-11H2,1-2H3,(H,22,23)/t13-/m0/s1. The molecule has 1 saturated heterocycles. The van der Waals surface area contributed by atoms with Crippen LogP contribution in [0.3, 0.4) is 0 Å². The van der Waals surface area contributed by atoms with Crippen molar-refractivity contribution in [1.29, 1.82) is 0 Å². The van der Waals surface area contributed by atoms with Crippen LogP contribution in [0.2, 0.25) is 0 Å². The van der Waals surface area contributed by atoms with Crippen LogP contribution in [0.4, 0.5) is 0 Å². The average molecular weight is 344 g/mol. The Morgan fingerprint density at radius 2 is 2.12 bits per heavy atom. The number of fused-ring (bicyclic) bond motifs is 1. The summed E-state index contributed by atoms with van der Waals surface area (Å²) in [7, 11) is 0. The molecule has 0 saturated carbocycles. The molecule has 1 atom stereocenters. The monoisotopic (exact) mass is 344 g/mol. The highest BCUT2D eigenvalue weighted by molar-refractivity contribution is 6.02. The fraction of sp³-hybridized carbons (Fsp3) is 0.474. The fourth-order valence-electron chi connectivity index (χ4n) is 3.52. The second-order valence-electron chi connectivity index (χ2n) is 6.95. The molecule has 0 aliphatic carbocycles. The predicted octanol–water partition coefficient (Wildman–Crippen LogP) is 2.68.